The first-order chi connectivity index (χ1) is 9.96. The predicted octanol–water partition coefficient (Wildman–Crippen LogP) is 1.53. The topological polar surface area (TPSA) is 74.2 Å². The minimum atomic E-state index is -1.07. The number of aliphatic carboxylic acids is 1. The molecule has 0 aliphatic carbocycles. The monoisotopic (exact) mass is 294 g/mol. The number of fused-ring (bicyclic) bond motifs is 1. The van der Waals surface area contributed by atoms with E-state index in [4.69, 9.17) is 18.9 Å². The molecule has 0 saturated carbocycles. The van der Waals surface area contributed by atoms with Crippen LogP contribution >= 0.6 is 0 Å². The quantitative estimate of drug-likeness (QED) is 0.908. The summed E-state index contributed by atoms with van der Waals surface area (Å²) in [5.41, 5.74) is 0.981. The molecule has 0 amide bonds. The van der Waals surface area contributed by atoms with Gasteiger partial charge < -0.3 is 24.1 Å². The molecular formula is C15H18O6. The van der Waals surface area contributed by atoms with Crippen molar-refractivity contribution in [2.75, 3.05) is 0 Å². The molecule has 1 aromatic carbocycles. The van der Waals surface area contributed by atoms with Gasteiger partial charge >= 0.3 is 5.97 Å². The maximum atomic E-state index is 11.3. The molecule has 2 fully saturated rings. The molecule has 1 aromatic rings. The van der Waals surface area contributed by atoms with Crippen LogP contribution in [0.15, 0.2) is 30.3 Å². The van der Waals surface area contributed by atoms with Crippen LogP contribution in [0.25, 0.3) is 0 Å². The molecular weight excluding hydrogens is 276 g/mol. The summed E-state index contributed by atoms with van der Waals surface area (Å²) in [7, 11) is 0. The first kappa shape index (κ1) is 14.5. The van der Waals surface area contributed by atoms with Crippen LogP contribution < -0.4 is 0 Å². The van der Waals surface area contributed by atoms with Gasteiger partial charge in [0.15, 0.2) is 18.2 Å². The molecule has 2 aliphatic rings. The standard InChI is InChI=1S/C15H18O6/c1-15(2)20-10-11(13(16)17)19-14(12(10)21-15)18-8-9-6-4-3-5-7-9/h3-7,10-12,14H,8H2,1-2H3,(H,16,17)/t10-,11+,12-,14-/m1/s1. The second-order valence-electron chi connectivity index (χ2n) is 5.62. The maximum absolute atomic E-state index is 11.3. The summed E-state index contributed by atoms with van der Waals surface area (Å²) in [6, 6.07) is 9.60. The summed E-state index contributed by atoms with van der Waals surface area (Å²) in [4.78, 5) is 11.3. The van der Waals surface area contributed by atoms with E-state index >= 15 is 0 Å². The third-order valence-electron chi connectivity index (χ3n) is 3.51. The minimum Gasteiger partial charge on any atom is -0.479 e. The lowest BCUT2D eigenvalue weighted by molar-refractivity contribution is -0.237. The lowest BCUT2D eigenvalue weighted by Gasteiger charge is -2.23. The molecule has 6 nitrogen and oxygen atoms in total. The molecule has 0 unspecified atom stereocenters. The second-order valence-corrected chi connectivity index (χ2v) is 5.62. The Labute approximate surface area is 122 Å². The van der Waals surface area contributed by atoms with Crippen LogP contribution in [0.5, 0.6) is 0 Å². The average molecular weight is 294 g/mol. The fraction of sp³-hybridized carbons (Fsp3) is 0.533. The molecule has 21 heavy (non-hydrogen) atoms. The lowest BCUT2D eigenvalue weighted by atomic mass is 10.1. The van der Waals surface area contributed by atoms with Crippen LogP contribution in [0.4, 0.5) is 0 Å². The average Bonchev–Trinajstić information content (AvgIpc) is 2.91. The van der Waals surface area contributed by atoms with Crippen LogP contribution in [0.3, 0.4) is 0 Å². The van der Waals surface area contributed by atoms with E-state index in [0.717, 1.165) is 5.56 Å². The van der Waals surface area contributed by atoms with Crippen LogP contribution in [-0.4, -0.2) is 41.5 Å². The van der Waals surface area contributed by atoms with E-state index in [9.17, 15) is 9.90 Å². The van der Waals surface area contributed by atoms with Gasteiger partial charge in [0, 0.05) is 0 Å². The highest BCUT2D eigenvalue weighted by Gasteiger charge is 2.58. The van der Waals surface area contributed by atoms with E-state index in [-0.39, 0.29) is 0 Å². The number of rotatable bonds is 4. The Kier molecular flexibility index (Phi) is 3.71. The van der Waals surface area contributed by atoms with Gasteiger partial charge in [-0.25, -0.2) is 4.79 Å². The van der Waals surface area contributed by atoms with E-state index < -0.39 is 36.4 Å². The zero-order chi connectivity index (χ0) is 15.0. The molecule has 6 heteroatoms. The Balaban J connectivity index is 1.69. The fourth-order valence-electron chi connectivity index (χ4n) is 2.65. The highest BCUT2D eigenvalue weighted by atomic mass is 16.8. The van der Waals surface area contributed by atoms with Crippen molar-refractivity contribution in [2.24, 2.45) is 0 Å². The number of carboxylic acids is 1. The SMILES string of the molecule is CC1(C)O[C@H]2[C@H](OCc3ccccc3)O[C@H](C(=O)O)[C@H]2O1. The van der Waals surface area contributed by atoms with E-state index in [1.165, 1.54) is 0 Å². The summed E-state index contributed by atoms with van der Waals surface area (Å²) < 4.78 is 22.5. The number of benzene rings is 1. The predicted molar refractivity (Wildman–Crippen MR) is 71.4 cm³/mol. The van der Waals surface area contributed by atoms with Gasteiger partial charge in [-0.15, -0.1) is 0 Å². The minimum absolute atomic E-state index is 0.324. The highest BCUT2D eigenvalue weighted by Crippen LogP contribution is 2.39. The van der Waals surface area contributed by atoms with Gasteiger partial charge in [0.25, 0.3) is 0 Å². The van der Waals surface area contributed by atoms with Crippen molar-refractivity contribution in [3.63, 3.8) is 0 Å². The van der Waals surface area contributed by atoms with Crippen molar-refractivity contribution in [1.29, 1.82) is 0 Å². The fourth-order valence-corrected chi connectivity index (χ4v) is 2.65. The molecule has 0 aromatic heterocycles. The van der Waals surface area contributed by atoms with Crippen molar-refractivity contribution in [3.8, 4) is 0 Å². The zero-order valence-corrected chi connectivity index (χ0v) is 11.9. The van der Waals surface area contributed by atoms with Gasteiger partial charge in [-0.2, -0.15) is 0 Å². The Morgan fingerprint density at radius 3 is 2.57 bits per heavy atom. The number of carbonyl (C=O) groups is 1. The Morgan fingerprint density at radius 2 is 1.90 bits per heavy atom. The van der Waals surface area contributed by atoms with Crippen LogP contribution in [-0.2, 0) is 30.3 Å². The Bertz CT molecular complexity index is 514. The largest absolute Gasteiger partial charge is 0.479 e. The second kappa shape index (κ2) is 5.38. The number of carboxylic acid groups (broad SMARTS) is 1. The van der Waals surface area contributed by atoms with Gasteiger partial charge in [0.05, 0.1) is 6.61 Å². The van der Waals surface area contributed by atoms with Crippen LogP contribution in [0.1, 0.15) is 19.4 Å². The first-order valence-electron chi connectivity index (χ1n) is 6.86. The molecule has 0 spiro atoms. The van der Waals surface area contributed by atoms with Gasteiger partial charge in [0.1, 0.15) is 12.2 Å². The molecule has 2 heterocycles. The normalized spacial score (nSPS) is 33.8. The molecule has 114 valence electrons. The zero-order valence-electron chi connectivity index (χ0n) is 11.9. The van der Waals surface area contributed by atoms with Crippen molar-refractivity contribution < 1.29 is 28.8 Å². The van der Waals surface area contributed by atoms with Gasteiger partial charge in [-0.1, -0.05) is 30.3 Å². The first-order valence-corrected chi connectivity index (χ1v) is 6.86. The molecule has 4 atom stereocenters. The summed E-state index contributed by atoms with van der Waals surface area (Å²) in [5.74, 6) is -1.90. The molecule has 0 bridgehead atoms. The summed E-state index contributed by atoms with van der Waals surface area (Å²) >= 11 is 0. The molecule has 0 radical (unpaired) electrons. The van der Waals surface area contributed by atoms with Crippen molar-refractivity contribution in [2.45, 2.75) is 50.8 Å². The van der Waals surface area contributed by atoms with Gasteiger partial charge in [0.2, 0.25) is 0 Å². The van der Waals surface area contributed by atoms with E-state index in [1.54, 1.807) is 13.8 Å². The molecule has 1 N–H and O–H groups in total. The van der Waals surface area contributed by atoms with Gasteiger partial charge in [-0.05, 0) is 19.4 Å². The van der Waals surface area contributed by atoms with E-state index in [2.05, 4.69) is 0 Å². The van der Waals surface area contributed by atoms with E-state index in [1.807, 2.05) is 30.3 Å². The Morgan fingerprint density at radius 1 is 1.24 bits per heavy atom. The van der Waals surface area contributed by atoms with E-state index in [0.29, 0.717) is 6.61 Å². The molecule has 2 aliphatic heterocycles. The lowest BCUT2D eigenvalue weighted by Crippen LogP contribution is -2.35. The summed E-state index contributed by atoms with van der Waals surface area (Å²) in [5, 5.41) is 9.22. The van der Waals surface area contributed by atoms with Crippen LogP contribution in [0, 0.1) is 0 Å². The number of hydrogen-bond acceptors (Lipinski definition) is 5. The van der Waals surface area contributed by atoms with Gasteiger partial charge in [-0.3, -0.25) is 0 Å². The van der Waals surface area contributed by atoms with Crippen LogP contribution in [0.2, 0.25) is 0 Å². The smallest absolute Gasteiger partial charge is 0.335 e. The summed E-state index contributed by atoms with van der Waals surface area (Å²) in [6.45, 7) is 3.82. The summed E-state index contributed by atoms with van der Waals surface area (Å²) in [6.07, 6.45) is -3.02. The number of hydrogen-bond donors (Lipinski definition) is 1. The Hall–Kier alpha value is -1.47. The highest BCUT2D eigenvalue weighted by molar-refractivity contribution is 5.73. The third-order valence-corrected chi connectivity index (χ3v) is 3.51. The van der Waals surface area contributed by atoms with Crippen molar-refractivity contribution >= 4 is 5.97 Å². The number of ether oxygens (including phenoxy) is 4. The molecule has 3 rings (SSSR count). The molecule has 2 saturated heterocycles. The maximum Gasteiger partial charge on any atom is 0.335 e. The van der Waals surface area contributed by atoms with Crippen molar-refractivity contribution in [1.82, 2.24) is 0 Å². The third kappa shape index (κ3) is 2.94. The van der Waals surface area contributed by atoms with Crippen molar-refractivity contribution in [3.05, 3.63) is 35.9 Å².